The summed E-state index contributed by atoms with van der Waals surface area (Å²) in [6, 6.07) is 0. The summed E-state index contributed by atoms with van der Waals surface area (Å²) in [5.41, 5.74) is -0.311. The van der Waals surface area contributed by atoms with Gasteiger partial charge in [0.2, 0.25) is 0 Å². The fraction of sp³-hybridized carbons (Fsp3) is 1.00. The highest BCUT2D eigenvalue weighted by molar-refractivity contribution is 4.95. The van der Waals surface area contributed by atoms with Crippen molar-refractivity contribution in [2.24, 2.45) is 0 Å². The van der Waals surface area contributed by atoms with Gasteiger partial charge in [-0.2, -0.15) is 0 Å². The predicted molar refractivity (Wildman–Crippen MR) is 37.8 cm³/mol. The van der Waals surface area contributed by atoms with Crippen LogP contribution >= 0.6 is 0 Å². The van der Waals surface area contributed by atoms with Crippen LogP contribution < -0.4 is 0 Å². The molecule has 1 saturated heterocycles. The summed E-state index contributed by atoms with van der Waals surface area (Å²) in [6.45, 7) is 0.904. The van der Waals surface area contributed by atoms with Crippen LogP contribution in [0.2, 0.25) is 0 Å². The monoisotopic (exact) mass is 142 g/mol. The van der Waals surface area contributed by atoms with E-state index in [1.807, 2.05) is 0 Å². The van der Waals surface area contributed by atoms with E-state index in [0.717, 1.165) is 32.3 Å². The van der Waals surface area contributed by atoms with E-state index in [4.69, 9.17) is 4.74 Å². The molecule has 1 unspecified atom stereocenters. The molecule has 0 spiro atoms. The van der Waals surface area contributed by atoms with E-state index in [-0.39, 0.29) is 5.60 Å². The van der Waals surface area contributed by atoms with Gasteiger partial charge in [-0.15, -0.1) is 0 Å². The van der Waals surface area contributed by atoms with Crippen LogP contribution in [-0.4, -0.2) is 23.4 Å². The molecule has 1 atom stereocenters. The van der Waals surface area contributed by atoms with Gasteiger partial charge in [0.1, 0.15) is 0 Å². The Morgan fingerprint density at radius 3 is 2.80 bits per heavy atom. The van der Waals surface area contributed by atoms with Crippen molar-refractivity contribution in [1.29, 1.82) is 0 Å². The highest BCUT2D eigenvalue weighted by atomic mass is 16.5. The third kappa shape index (κ3) is 1.32. The molecule has 0 aromatic heterocycles. The molecular formula is C8H14O2. The van der Waals surface area contributed by atoms with Crippen LogP contribution in [-0.2, 0) is 4.74 Å². The third-order valence-corrected chi connectivity index (χ3v) is 2.46. The zero-order chi connectivity index (χ0) is 7.03. The number of hydrogen-bond acceptors (Lipinski definition) is 2. The van der Waals surface area contributed by atoms with Gasteiger partial charge in [-0.3, -0.25) is 0 Å². The fourth-order valence-electron chi connectivity index (χ4n) is 1.58. The zero-order valence-corrected chi connectivity index (χ0v) is 6.18. The van der Waals surface area contributed by atoms with Crippen LogP contribution in [0.25, 0.3) is 0 Å². The highest BCUT2D eigenvalue weighted by Gasteiger charge is 2.42. The molecule has 2 fully saturated rings. The summed E-state index contributed by atoms with van der Waals surface area (Å²) in [4.78, 5) is 0. The van der Waals surface area contributed by atoms with Crippen molar-refractivity contribution >= 4 is 0 Å². The van der Waals surface area contributed by atoms with E-state index in [0.29, 0.717) is 6.10 Å². The molecule has 1 aliphatic heterocycles. The molecule has 2 heteroatoms. The number of aliphatic hydroxyl groups is 1. The lowest BCUT2D eigenvalue weighted by Gasteiger charge is -2.12. The second-order valence-corrected chi connectivity index (χ2v) is 3.56. The molecule has 0 aromatic carbocycles. The maximum absolute atomic E-state index is 9.51. The van der Waals surface area contributed by atoms with Crippen molar-refractivity contribution in [2.75, 3.05) is 6.61 Å². The Balaban J connectivity index is 1.78. The Morgan fingerprint density at radius 1 is 1.50 bits per heavy atom. The van der Waals surface area contributed by atoms with Crippen molar-refractivity contribution in [2.45, 2.75) is 43.8 Å². The van der Waals surface area contributed by atoms with Gasteiger partial charge in [-0.1, -0.05) is 0 Å². The Bertz CT molecular complexity index is 123. The van der Waals surface area contributed by atoms with Crippen molar-refractivity contribution in [1.82, 2.24) is 0 Å². The van der Waals surface area contributed by atoms with Gasteiger partial charge in [-0.05, 0) is 25.7 Å². The first-order chi connectivity index (χ1) is 4.79. The first-order valence-electron chi connectivity index (χ1n) is 4.13. The Morgan fingerprint density at radius 2 is 2.30 bits per heavy atom. The second kappa shape index (κ2) is 2.21. The fourth-order valence-corrected chi connectivity index (χ4v) is 1.58. The molecule has 58 valence electrons. The summed E-state index contributed by atoms with van der Waals surface area (Å²) >= 11 is 0. The van der Waals surface area contributed by atoms with E-state index in [9.17, 15) is 5.11 Å². The summed E-state index contributed by atoms with van der Waals surface area (Å²) in [7, 11) is 0. The molecule has 1 heterocycles. The van der Waals surface area contributed by atoms with Gasteiger partial charge < -0.3 is 9.84 Å². The minimum atomic E-state index is -0.311. The van der Waals surface area contributed by atoms with Crippen molar-refractivity contribution in [3.63, 3.8) is 0 Å². The van der Waals surface area contributed by atoms with E-state index in [2.05, 4.69) is 0 Å². The number of ether oxygens (including phenoxy) is 1. The van der Waals surface area contributed by atoms with Crippen LogP contribution in [0.15, 0.2) is 0 Å². The van der Waals surface area contributed by atoms with Crippen LogP contribution in [0.5, 0.6) is 0 Å². The number of rotatable bonds is 2. The van der Waals surface area contributed by atoms with Gasteiger partial charge >= 0.3 is 0 Å². The lowest BCUT2D eigenvalue weighted by molar-refractivity contribution is 0.0421. The topological polar surface area (TPSA) is 29.5 Å². The molecule has 2 aliphatic rings. The summed E-state index contributed by atoms with van der Waals surface area (Å²) in [5.74, 6) is 0. The first-order valence-corrected chi connectivity index (χ1v) is 4.13. The lowest BCUT2D eigenvalue weighted by Crippen LogP contribution is -2.17. The minimum Gasteiger partial charge on any atom is -0.390 e. The molecule has 1 aliphatic carbocycles. The highest BCUT2D eigenvalue weighted by Crippen LogP contribution is 2.41. The van der Waals surface area contributed by atoms with Gasteiger partial charge in [0.05, 0.1) is 11.7 Å². The minimum absolute atomic E-state index is 0.311. The Hall–Kier alpha value is -0.0800. The average Bonchev–Trinajstić information content (AvgIpc) is 2.47. The molecule has 2 rings (SSSR count). The normalized spacial score (nSPS) is 36.3. The van der Waals surface area contributed by atoms with Crippen molar-refractivity contribution in [3.8, 4) is 0 Å². The van der Waals surface area contributed by atoms with Crippen LogP contribution in [0.1, 0.15) is 32.1 Å². The van der Waals surface area contributed by atoms with Gasteiger partial charge in [0.25, 0.3) is 0 Å². The lowest BCUT2D eigenvalue weighted by atomic mass is 10.1. The average molecular weight is 142 g/mol. The molecule has 1 N–H and O–H groups in total. The third-order valence-electron chi connectivity index (χ3n) is 2.46. The molecule has 10 heavy (non-hydrogen) atoms. The van der Waals surface area contributed by atoms with E-state index in [1.165, 1.54) is 6.42 Å². The van der Waals surface area contributed by atoms with Crippen LogP contribution in [0, 0.1) is 0 Å². The standard InChI is InChI=1S/C8H14O2/c9-8(3-4-8)6-7-2-1-5-10-7/h7,9H,1-6H2. The maximum atomic E-state index is 9.51. The summed E-state index contributed by atoms with van der Waals surface area (Å²) in [6.07, 6.45) is 5.57. The largest absolute Gasteiger partial charge is 0.390 e. The molecular weight excluding hydrogens is 128 g/mol. The SMILES string of the molecule is OC1(CC2CCCO2)CC1. The van der Waals surface area contributed by atoms with Crippen molar-refractivity contribution in [3.05, 3.63) is 0 Å². The maximum Gasteiger partial charge on any atom is 0.0674 e. The van der Waals surface area contributed by atoms with Gasteiger partial charge in [0, 0.05) is 13.0 Å². The molecule has 0 bridgehead atoms. The van der Waals surface area contributed by atoms with Gasteiger partial charge in [0.15, 0.2) is 0 Å². The molecule has 0 amide bonds. The molecule has 0 radical (unpaired) electrons. The number of hydrogen-bond donors (Lipinski definition) is 1. The predicted octanol–water partition coefficient (Wildman–Crippen LogP) is 1.08. The first kappa shape index (κ1) is 6.62. The second-order valence-electron chi connectivity index (χ2n) is 3.56. The molecule has 2 nitrogen and oxygen atoms in total. The Labute approximate surface area is 61.2 Å². The van der Waals surface area contributed by atoms with Crippen molar-refractivity contribution < 1.29 is 9.84 Å². The van der Waals surface area contributed by atoms with Gasteiger partial charge in [-0.25, -0.2) is 0 Å². The quantitative estimate of drug-likeness (QED) is 0.625. The van der Waals surface area contributed by atoms with Crippen LogP contribution in [0.4, 0.5) is 0 Å². The van der Waals surface area contributed by atoms with E-state index >= 15 is 0 Å². The summed E-state index contributed by atoms with van der Waals surface area (Å²) < 4.78 is 5.41. The van der Waals surface area contributed by atoms with E-state index < -0.39 is 0 Å². The zero-order valence-electron chi connectivity index (χ0n) is 6.18. The van der Waals surface area contributed by atoms with Crippen LogP contribution in [0.3, 0.4) is 0 Å². The Kier molecular flexibility index (Phi) is 1.46. The molecule has 1 saturated carbocycles. The molecule has 0 aromatic rings. The summed E-state index contributed by atoms with van der Waals surface area (Å²) in [5, 5.41) is 9.51. The smallest absolute Gasteiger partial charge is 0.0674 e. The van der Waals surface area contributed by atoms with E-state index in [1.54, 1.807) is 0 Å².